The topological polar surface area (TPSA) is 38.8 Å². The van der Waals surface area contributed by atoms with E-state index in [0.717, 1.165) is 32.1 Å². The molecule has 3 aliphatic rings. The van der Waals surface area contributed by atoms with Crippen LogP contribution in [0.3, 0.4) is 0 Å². The van der Waals surface area contributed by atoms with Gasteiger partial charge in [-0.2, -0.15) is 0 Å². The number of epoxide rings is 1. The van der Waals surface area contributed by atoms with Gasteiger partial charge in [0.1, 0.15) is 11.7 Å². The standard InChI is InChI=1S/C11H16O3/c1-10-6-3-7-11(10,14-10)9(12)13-8-4-2-5-8/h8H,2-7H2,1H3. The summed E-state index contributed by atoms with van der Waals surface area (Å²) in [7, 11) is 0. The van der Waals surface area contributed by atoms with Crippen LogP contribution in [0.4, 0.5) is 0 Å². The number of carbonyl (C=O) groups is 1. The van der Waals surface area contributed by atoms with E-state index >= 15 is 0 Å². The Hall–Kier alpha value is -0.570. The van der Waals surface area contributed by atoms with Gasteiger partial charge in [-0.15, -0.1) is 0 Å². The van der Waals surface area contributed by atoms with Gasteiger partial charge in [-0.05, 0) is 45.4 Å². The van der Waals surface area contributed by atoms with Crippen LogP contribution in [0.25, 0.3) is 0 Å². The minimum atomic E-state index is -0.539. The Bertz CT molecular complexity index is 280. The SMILES string of the molecule is CC12CCCC1(C(=O)OC1CCC1)O2. The Kier molecular flexibility index (Phi) is 1.56. The third kappa shape index (κ3) is 0.937. The first-order valence-corrected chi connectivity index (χ1v) is 5.58. The molecule has 14 heavy (non-hydrogen) atoms. The number of hydrogen-bond acceptors (Lipinski definition) is 3. The zero-order chi connectivity index (χ0) is 9.81. The van der Waals surface area contributed by atoms with Gasteiger partial charge in [0.15, 0.2) is 5.60 Å². The van der Waals surface area contributed by atoms with Gasteiger partial charge in [0.05, 0.1) is 0 Å². The Morgan fingerprint density at radius 1 is 1.36 bits per heavy atom. The van der Waals surface area contributed by atoms with Crippen molar-refractivity contribution in [2.24, 2.45) is 0 Å². The molecule has 2 aliphatic carbocycles. The van der Waals surface area contributed by atoms with Crippen molar-refractivity contribution in [2.45, 2.75) is 62.8 Å². The number of fused-ring (bicyclic) bond motifs is 1. The molecule has 2 saturated carbocycles. The molecule has 2 unspecified atom stereocenters. The Balaban J connectivity index is 1.67. The van der Waals surface area contributed by atoms with Gasteiger partial charge in [0.25, 0.3) is 0 Å². The summed E-state index contributed by atoms with van der Waals surface area (Å²) in [5.41, 5.74) is -0.726. The molecule has 0 N–H and O–H groups in total. The molecule has 0 radical (unpaired) electrons. The molecule has 1 saturated heterocycles. The lowest BCUT2D eigenvalue weighted by Gasteiger charge is -2.26. The van der Waals surface area contributed by atoms with Crippen molar-refractivity contribution < 1.29 is 14.3 Å². The highest BCUT2D eigenvalue weighted by molar-refractivity contribution is 5.85. The fraction of sp³-hybridized carbons (Fsp3) is 0.909. The second-order valence-corrected chi connectivity index (χ2v) is 4.97. The summed E-state index contributed by atoms with van der Waals surface area (Å²) in [5.74, 6) is -0.0952. The molecule has 0 aromatic heterocycles. The average molecular weight is 196 g/mol. The van der Waals surface area contributed by atoms with Crippen molar-refractivity contribution in [3.8, 4) is 0 Å². The first-order valence-electron chi connectivity index (χ1n) is 5.58. The van der Waals surface area contributed by atoms with Gasteiger partial charge < -0.3 is 9.47 Å². The van der Waals surface area contributed by atoms with Crippen LogP contribution >= 0.6 is 0 Å². The van der Waals surface area contributed by atoms with Gasteiger partial charge >= 0.3 is 5.97 Å². The molecule has 1 aliphatic heterocycles. The number of carbonyl (C=O) groups excluding carboxylic acids is 1. The maximum Gasteiger partial charge on any atom is 0.341 e. The number of ether oxygens (including phenoxy) is 2. The normalized spacial score (nSPS) is 45.5. The van der Waals surface area contributed by atoms with Crippen LogP contribution in [-0.2, 0) is 14.3 Å². The summed E-state index contributed by atoms with van der Waals surface area (Å²) in [4.78, 5) is 11.9. The maximum absolute atomic E-state index is 11.9. The highest BCUT2D eigenvalue weighted by Gasteiger charge is 2.75. The summed E-state index contributed by atoms with van der Waals surface area (Å²) >= 11 is 0. The van der Waals surface area contributed by atoms with Crippen LogP contribution < -0.4 is 0 Å². The summed E-state index contributed by atoms with van der Waals surface area (Å²) in [6.45, 7) is 2.03. The van der Waals surface area contributed by atoms with Crippen LogP contribution in [0.5, 0.6) is 0 Å². The maximum atomic E-state index is 11.9. The van der Waals surface area contributed by atoms with Gasteiger partial charge in [-0.1, -0.05) is 0 Å². The molecular weight excluding hydrogens is 180 g/mol. The number of esters is 1. The summed E-state index contributed by atoms with van der Waals surface area (Å²) in [6.07, 6.45) is 6.42. The lowest BCUT2D eigenvalue weighted by molar-refractivity contribution is -0.159. The quantitative estimate of drug-likeness (QED) is 0.499. The molecule has 0 bridgehead atoms. The molecule has 0 aromatic carbocycles. The van der Waals surface area contributed by atoms with E-state index in [1.807, 2.05) is 6.92 Å². The monoisotopic (exact) mass is 196 g/mol. The van der Waals surface area contributed by atoms with Crippen LogP contribution in [0.1, 0.15) is 45.4 Å². The van der Waals surface area contributed by atoms with Crippen molar-refractivity contribution in [3.63, 3.8) is 0 Å². The predicted molar refractivity (Wildman–Crippen MR) is 49.8 cm³/mol. The van der Waals surface area contributed by atoms with Crippen LogP contribution in [0, 0.1) is 0 Å². The van der Waals surface area contributed by atoms with Crippen molar-refractivity contribution in [2.75, 3.05) is 0 Å². The Morgan fingerprint density at radius 2 is 2.14 bits per heavy atom. The zero-order valence-electron chi connectivity index (χ0n) is 8.54. The summed E-state index contributed by atoms with van der Waals surface area (Å²) in [5, 5.41) is 0. The zero-order valence-corrected chi connectivity index (χ0v) is 8.54. The molecule has 3 heteroatoms. The molecule has 3 fully saturated rings. The van der Waals surface area contributed by atoms with E-state index in [4.69, 9.17) is 9.47 Å². The smallest absolute Gasteiger partial charge is 0.341 e. The molecule has 1 heterocycles. The van der Waals surface area contributed by atoms with Crippen molar-refractivity contribution in [1.82, 2.24) is 0 Å². The van der Waals surface area contributed by atoms with Crippen LogP contribution in [0.2, 0.25) is 0 Å². The molecular formula is C11H16O3. The highest BCUT2D eigenvalue weighted by atomic mass is 16.7. The fourth-order valence-electron chi connectivity index (χ4n) is 2.70. The minimum absolute atomic E-state index is 0.0952. The fourth-order valence-corrected chi connectivity index (χ4v) is 2.70. The first-order chi connectivity index (χ1) is 6.66. The number of hydrogen-bond donors (Lipinski definition) is 0. The molecule has 78 valence electrons. The third-order valence-electron chi connectivity index (χ3n) is 4.05. The van der Waals surface area contributed by atoms with E-state index < -0.39 is 5.60 Å². The Labute approximate surface area is 83.8 Å². The van der Waals surface area contributed by atoms with Crippen molar-refractivity contribution in [3.05, 3.63) is 0 Å². The molecule has 0 amide bonds. The largest absolute Gasteiger partial charge is 0.460 e. The van der Waals surface area contributed by atoms with Gasteiger partial charge in [-0.25, -0.2) is 4.79 Å². The third-order valence-corrected chi connectivity index (χ3v) is 4.05. The van der Waals surface area contributed by atoms with Crippen molar-refractivity contribution in [1.29, 1.82) is 0 Å². The molecule has 0 aromatic rings. The second kappa shape index (κ2) is 2.51. The average Bonchev–Trinajstić information content (AvgIpc) is 2.54. The first kappa shape index (κ1) is 8.72. The molecule has 3 rings (SSSR count). The lowest BCUT2D eigenvalue weighted by atomic mass is 9.94. The van der Waals surface area contributed by atoms with Gasteiger partial charge in [-0.3, -0.25) is 0 Å². The van der Waals surface area contributed by atoms with Crippen LogP contribution in [0.15, 0.2) is 0 Å². The second-order valence-electron chi connectivity index (χ2n) is 4.97. The lowest BCUT2D eigenvalue weighted by Crippen LogP contribution is -2.35. The summed E-state index contributed by atoms with van der Waals surface area (Å²) < 4.78 is 11.0. The van der Waals surface area contributed by atoms with E-state index in [2.05, 4.69) is 0 Å². The predicted octanol–water partition coefficient (Wildman–Crippen LogP) is 1.79. The van der Waals surface area contributed by atoms with Crippen molar-refractivity contribution >= 4 is 5.97 Å². The van der Waals surface area contributed by atoms with Gasteiger partial charge in [0, 0.05) is 0 Å². The summed E-state index contributed by atoms with van der Waals surface area (Å²) in [6, 6.07) is 0. The highest BCUT2D eigenvalue weighted by Crippen LogP contribution is 2.60. The molecule has 0 spiro atoms. The molecule has 2 atom stereocenters. The van der Waals surface area contributed by atoms with Gasteiger partial charge in [0.2, 0.25) is 0 Å². The molecule has 3 nitrogen and oxygen atoms in total. The van der Waals surface area contributed by atoms with E-state index in [1.165, 1.54) is 6.42 Å². The Morgan fingerprint density at radius 3 is 2.57 bits per heavy atom. The van der Waals surface area contributed by atoms with E-state index in [-0.39, 0.29) is 17.7 Å². The van der Waals surface area contributed by atoms with E-state index in [9.17, 15) is 4.79 Å². The number of rotatable bonds is 2. The minimum Gasteiger partial charge on any atom is -0.460 e. The van der Waals surface area contributed by atoms with E-state index in [0.29, 0.717) is 0 Å². The van der Waals surface area contributed by atoms with Crippen LogP contribution in [-0.4, -0.2) is 23.3 Å². The van der Waals surface area contributed by atoms with E-state index in [1.54, 1.807) is 0 Å².